The SMILES string of the molecule is Cc1cc(C)c(-c2cc(C3=N[C@H](C(c4ccccc4)c4ccccc4)[C@@](C)(C(C)(C)C)O3)[c-]c(-n3c4[c-]c(-c5cc(C(C)(C)C)ccn5)c(C)cc4c4cc(C)ccc43)c2)c(C)c1.[Pt+2]. The maximum absolute atomic E-state index is 7.39. The average molecular weight is 1020 g/mol. The summed E-state index contributed by atoms with van der Waals surface area (Å²) in [6.45, 7) is 26.8. The predicted molar refractivity (Wildman–Crippen MR) is 264 cm³/mol. The summed E-state index contributed by atoms with van der Waals surface area (Å²) in [6, 6.07) is 51.8. The molecule has 9 rings (SSSR count). The van der Waals surface area contributed by atoms with E-state index in [0.717, 1.165) is 50.1 Å². The Kier molecular flexibility index (Phi) is 11.8. The minimum absolute atomic E-state index is 0. The van der Waals surface area contributed by atoms with Gasteiger partial charge in [-0.1, -0.05) is 167 Å². The molecule has 4 nitrogen and oxygen atoms in total. The molecule has 2 atom stereocenters. The Morgan fingerprint density at radius 3 is 1.92 bits per heavy atom. The number of nitrogens with zero attached hydrogens (tertiary/aromatic N) is 3. The molecule has 64 heavy (non-hydrogen) atoms. The van der Waals surface area contributed by atoms with E-state index in [-0.39, 0.29) is 43.9 Å². The average Bonchev–Trinajstić information content (AvgIpc) is 3.75. The third kappa shape index (κ3) is 7.98. The first-order chi connectivity index (χ1) is 29.9. The molecule has 3 heterocycles. The van der Waals surface area contributed by atoms with E-state index >= 15 is 0 Å². The van der Waals surface area contributed by atoms with Gasteiger partial charge in [0.15, 0.2) is 0 Å². The summed E-state index contributed by atoms with van der Waals surface area (Å²) < 4.78 is 9.74. The van der Waals surface area contributed by atoms with Crippen LogP contribution in [-0.2, 0) is 31.2 Å². The quantitative estimate of drug-likeness (QED) is 0.149. The molecule has 0 radical (unpaired) electrons. The fourth-order valence-corrected chi connectivity index (χ4v) is 9.85. The van der Waals surface area contributed by atoms with Crippen LogP contribution in [-0.4, -0.2) is 27.1 Å². The van der Waals surface area contributed by atoms with E-state index in [1.807, 2.05) is 6.20 Å². The van der Waals surface area contributed by atoms with Crippen LogP contribution in [0.25, 0.3) is 49.9 Å². The van der Waals surface area contributed by atoms with Gasteiger partial charge in [-0.25, -0.2) is 0 Å². The Bertz CT molecular complexity index is 3010. The molecule has 0 amide bonds. The van der Waals surface area contributed by atoms with Crippen LogP contribution in [0.4, 0.5) is 0 Å². The van der Waals surface area contributed by atoms with Crippen molar-refractivity contribution in [2.45, 2.75) is 106 Å². The molecule has 326 valence electrons. The van der Waals surface area contributed by atoms with Crippen molar-refractivity contribution in [3.63, 3.8) is 0 Å². The van der Waals surface area contributed by atoms with E-state index in [9.17, 15) is 0 Å². The number of pyridine rings is 1. The molecule has 0 fully saturated rings. The number of benzene rings is 6. The topological polar surface area (TPSA) is 39.4 Å². The van der Waals surface area contributed by atoms with E-state index in [1.54, 1.807) is 0 Å². The van der Waals surface area contributed by atoms with Crippen molar-refractivity contribution in [1.29, 1.82) is 0 Å². The van der Waals surface area contributed by atoms with Gasteiger partial charge in [0.25, 0.3) is 0 Å². The molecule has 0 spiro atoms. The zero-order valence-corrected chi connectivity index (χ0v) is 41.6. The number of aliphatic imine (C=N–C) groups is 1. The zero-order chi connectivity index (χ0) is 44.6. The Hall–Kier alpha value is -5.57. The van der Waals surface area contributed by atoms with Gasteiger partial charge in [-0.2, -0.15) is 0 Å². The molecule has 1 aliphatic rings. The van der Waals surface area contributed by atoms with Gasteiger partial charge in [0.2, 0.25) is 0 Å². The number of aromatic nitrogens is 2. The van der Waals surface area contributed by atoms with E-state index in [0.29, 0.717) is 5.90 Å². The van der Waals surface area contributed by atoms with E-state index in [2.05, 4.69) is 221 Å². The summed E-state index contributed by atoms with van der Waals surface area (Å²) in [5.41, 5.74) is 16.8. The van der Waals surface area contributed by atoms with Crippen molar-refractivity contribution in [3.8, 4) is 28.1 Å². The van der Waals surface area contributed by atoms with Gasteiger partial charge in [0.05, 0.1) is 6.04 Å². The van der Waals surface area contributed by atoms with Crippen molar-refractivity contribution in [1.82, 2.24) is 9.55 Å². The maximum Gasteiger partial charge on any atom is 2.00 e. The Morgan fingerprint density at radius 1 is 0.672 bits per heavy atom. The summed E-state index contributed by atoms with van der Waals surface area (Å²) in [4.78, 5) is 10.6. The van der Waals surface area contributed by atoms with E-state index < -0.39 is 5.60 Å². The van der Waals surface area contributed by atoms with Crippen molar-refractivity contribution < 1.29 is 25.8 Å². The molecule has 8 aromatic rings. The summed E-state index contributed by atoms with van der Waals surface area (Å²) in [7, 11) is 0. The first-order valence-electron chi connectivity index (χ1n) is 22.4. The van der Waals surface area contributed by atoms with E-state index in [1.165, 1.54) is 49.9 Å². The molecule has 0 aliphatic carbocycles. The number of ether oxygens (including phenoxy) is 1. The van der Waals surface area contributed by atoms with Crippen molar-refractivity contribution >= 4 is 27.7 Å². The summed E-state index contributed by atoms with van der Waals surface area (Å²) >= 11 is 0. The molecule has 0 saturated carbocycles. The van der Waals surface area contributed by atoms with Crippen LogP contribution in [0.2, 0.25) is 0 Å². The third-order valence-corrected chi connectivity index (χ3v) is 13.6. The molecular weight excluding hydrogens is 962 g/mol. The number of hydrogen-bond donors (Lipinski definition) is 0. The van der Waals surface area contributed by atoms with Crippen LogP contribution in [0.3, 0.4) is 0 Å². The summed E-state index contributed by atoms with van der Waals surface area (Å²) in [6.07, 6.45) is 1.93. The molecule has 0 bridgehead atoms. The first-order valence-corrected chi connectivity index (χ1v) is 22.4. The van der Waals surface area contributed by atoms with Crippen LogP contribution in [0.1, 0.15) is 104 Å². The van der Waals surface area contributed by atoms with Gasteiger partial charge in [0.1, 0.15) is 11.5 Å². The zero-order valence-electron chi connectivity index (χ0n) is 39.3. The van der Waals surface area contributed by atoms with Gasteiger partial charge in [0, 0.05) is 23.0 Å². The first kappa shape index (κ1) is 45.0. The van der Waals surface area contributed by atoms with Crippen molar-refractivity contribution in [2.24, 2.45) is 10.4 Å². The maximum atomic E-state index is 7.39. The van der Waals surface area contributed by atoms with Crippen LogP contribution in [0.5, 0.6) is 0 Å². The normalized spacial score (nSPS) is 16.6. The second kappa shape index (κ2) is 16.8. The number of hydrogen-bond acceptors (Lipinski definition) is 3. The molecule has 0 N–H and O–H groups in total. The Morgan fingerprint density at radius 2 is 1.31 bits per heavy atom. The molecule has 0 saturated heterocycles. The van der Waals surface area contributed by atoms with Crippen LogP contribution >= 0.6 is 0 Å². The monoisotopic (exact) mass is 1020 g/mol. The molecule has 1 aliphatic heterocycles. The third-order valence-electron chi connectivity index (χ3n) is 13.6. The van der Waals surface area contributed by atoms with Gasteiger partial charge in [-0.05, 0) is 108 Å². The molecular formula is C59H59N3OPt. The molecule has 2 aromatic heterocycles. The van der Waals surface area contributed by atoms with Gasteiger partial charge in [-0.15, -0.1) is 41.5 Å². The fraction of sp³-hybridized carbons (Fsp3) is 0.288. The minimum Gasteiger partial charge on any atom is -0.511 e. The summed E-state index contributed by atoms with van der Waals surface area (Å²) in [5, 5.41) is 2.33. The van der Waals surface area contributed by atoms with Gasteiger partial charge >= 0.3 is 21.1 Å². The fourth-order valence-electron chi connectivity index (χ4n) is 9.85. The van der Waals surface area contributed by atoms with E-state index in [4.69, 9.17) is 14.7 Å². The second-order valence-corrected chi connectivity index (χ2v) is 20.2. The van der Waals surface area contributed by atoms with Crippen LogP contribution in [0, 0.1) is 52.2 Å². The Labute approximate surface area is 395 Å². The standard InChI is InChI=1S/C59H59N3O.Pt/c1-36-23-24-51-48(29-36)49-30-38(3)47(50-34-45(25-26-60-50)57(6,7)8)35-52(49)62(51)46-32-43(53-39(4)27-37(2)28-40(53)5)31-44(33-46)56-61-55(59(12,63-56)58(9,10)11)54(41-19-15-13-16-20-41)42-21-17-14-18-22-42;/h13-32,34,54-55H,1-12H3;/q-2;+2/t55-,59+;/m1./s1. The van der Waals surface area contributed by atoms with Gasteiger partial charge in [-0.3, -0.25) is 4.99 Å². The second-order valence-electron chi connectivity index (χ2n) is 20.2. The largest absolute Gasteiger partial charge is 2.00 e. The Balaban J connectivity index is 0.00000560. The van der Waals surface area contributed by atoms with Crippen molar-refractivity contribution in [2.75, 3.05) is 0 Å². The summed E-state index contributed by atoms with van der Waals surface area (Å²) in [5.74, 6) is 0.570. The number of aryl methyl sites for hydroxylation is 5. The van der Waals surface area contributed by atoms with Crippen LogP contribution < -0.4 is 0 Å². The van der Waals surface area contributed by atoms with Crippen LogP contribution in [0.15, 0.2) is 133 Å². The smallest absolute Gasteiger partial charge is 0.511 e. The number of fused-ring (bicyclic) bond motifs is 3. The number of rotatable bonds is 7. The minimum atomic E-state index is -0.669. The molecule has 6 aromatic carbocycles. The molecule has 0 unspecified atom stereocenters. The molecule has 5 heteroatoms. The van der Waals surface area contributed by atoms with Crippen molar-refractivity contribution in [3.05, 3.63) is 190 Å². The predicted octanol–water partition coefficient (Wildman–Crippen LogP) is 14.7. The van der Waals surface area contributed by atoms with Gasteiger partial charge < -0.3 is 14.3 Å².